The van der Waals surface area contributed by atoms with Crippen LogP contribution in [0.25, 0.3) is 10.9 Å². The van der Waals surface area contributed by atoms with Crippen LogP contribution in [0.1, 0.15) is 17.0 Å². The highest BCUT2D eigenvalue weighted by Gasteiger charge is 2.24. The van der Waals surface area contributed by atoms with Crippen LogP contribution < -0.4 is 15.4 Å². The molecule has 0 atom stereocenters. The third-order valence-electron chi connectivity index (χ3n) is 5.50. The zero-order valence-corrected chi connectivity index (χ0v) is 16.3. The number of piperazine rings is 1. The Morgan fingerprint density at radius 2 is 1.74 bits per heavy atom. The molecule has 0 bridgehead atoms. The zero-order valence-electron chi connectivity index (χ0n) is 15.5. The molecule has 2 aromatic carbocycles. The molecule has 1 aromatic heterocycles. The van der Waals surface area contributed by atoms with Gasteiger partial charge in [0.25, 0.3) is 5.56 Å². The van der Waals surface area contributed by atoms with E-state index in [1.54, 1.807) is 23.1 Å². The minimum Gasteiger partial charge on any atom is -0.322 e. The van der Waals surface area contributed by atoms with Crippen molar-refractivity contribution in [3.63, 3.8) is 0 Å². The molecule has 0 saturated carbocycles. The second-order valence-corrected chi connectivity index (χ2v) is 7.89. The molecular formula is C21H25ClN4O+2. The van der Waals surface area contributed by atoms with Gasteiger partial charge in [0.15, 0.2) is 5.82 Å². The van der Waals surface area contributed by atoms with Crippen LogP contribution in [0.15, 0.2) is 47.3 Å². The summed E-state index contributed by atoms with van der Waals surface area (Å²) in [7, 11) is 0. The summed E-state index contributed by atoms with van der Waals surface area (Å²) in [6.45, 7) is 8.45. The number of H-pyrrole nitrogens is 1. The van der Waals surface area contributed by atoms with Gasteiger partial charge in [-0.1, -0.05) is 35.9 Å². The fourth-order valence-corrected chi connectivity index (χ4v) is 4.04. The van der Waals surface area contributed by atoms with Crippen LogP contribution in [0.3, 0.4) is 0 Å². The van der Waals surface area contributed by atoms with E-state index in [4.69, 9.17) is 11.6 Å². The number of nitrogens with one attached hydrogen (secondary N) is 3. The third kappa shape index (κ3) is 4.21. The molecule has 4 rings (SSSR count). The molecule has 1 aliphatic heterocycles. The molecule has 1 saturated heterocycles. The van der Waals surface area contributed by atoms with Crippen LogP contribution in [0.2, 0.25) is 5.02 Å². The molecule has 0 amide bonds. The van der Waals surface area contributed by atoms with Gasteiger partial charge in [0.1, 0.15) is 39.3 Å². The van der Waals surface area contributed by atoms with E-state index in [9.17, 15) is 4.79 Å². The molecule has 1 aliphatic rings. The van der Waals surface area contributed by atoms with Gasteiger partial charge in [0.05, 0.1) is 10.9 Å². The van der Waals surface area contributed by atoms with E-state index in [-0.39, 0.29) is 5.56 Å². The van der Waals surface area contributed by atoms with E-state index in [0.717, 1.165) is 45.1 Å². The summed E-state index contributed by atoms with van der Waals surface area (Å²) in [6.07, 6.45) is 0. The maximum absolute atomic E-state index is 12.3. The maximum atomic E-state index is 12.3. The van der Waals surface area contributed by atoms with E-state index >= 15 is 0 Å². The summed E-state index contributed by atoms with van der Waals surface area (Å²) in [4.78, 5) is 22.9. The monoisotopic (exact) mass is 384 g/mol. The molecule has 6 heteroatoms. The third-order valence-corrected chi connectivity index (χ3v) is 5.74. The Hall–Kier alpha value is -2.21. The molecule has 5 nitrogen and oxygen atoms in total. The number of benzene rings is 2. The lowest BCUT2D eigenvalue weighted by Gasteiger charge is -2.29. The first-order valence-corrected chi connectivity index (χ1v) is 9.86. The van der Waals surface area contributed by atoms with Crippen LogP contribution in [-0.2, 0) is 13.1 Å². The summed E-state index contributed by atoms with van der Waals surface area (Å²) in [5, 5.41) is 1.19. The molecule has 0 spiro atoms. The number of fused-ring (bicyclic) bond motifs is 1. The smallest absolute Gasteiger partial charge is 0.258 e. The predicted molar refractivity (Wildman–Crippen MR) is 107 cm³/mol. The van der Waals surface area contributed by atoms with Crippen LogP contribution in [0.5, 0.6) is 0 Å². The lowest BCUT2D eigenvalue weighted by atomic mass is 10.1. The van der Waals surface area contributed by atoms with Gasteiger partial charge in [0.2, 0.25) is 0 Å². The molecule has 27 heavy (non-hydrogen) atoms. The normalized spacial score (nSPS) is 20.1. The Balaban J connectivity index is 1.40. The van der Waals surface area contributed by atoms with Gasteiger partial charge in [0, 0.05) is 10.6 Å². The summed E-state index contributed by atoms with van der Waals surface area (Å²) in [5.41, 5.74) is 3.39. The number of rotatable bonds is 4. The van der Waals surface area contributed by atoms with Crippen molar-refractivity contribution in [1.29, 1.82) is 0 Å². The molecule has 0 unspecified atom stereocenters. The molecule has 3 aromatic rings. The van der Waals surface area contributed by atoms with Gasteiger partial charge in [-0.25, -0.2) is 4.98 Å². The van der Waals surface area contributed by atoms with Gasteiger partial charge in [-0.15, -0.1) is 0 Å². The van der Waals surface area contributed by atoms with Crippen LogP contribution in [0.4, 0.5) is 0 Å². The molecule has 0 aliphatic carbocycles. The van der Waals surface area contributed by atoms with Crippen molar-refractivity contribution in [2.75, 3.05) is 26.2 Å². The summed E-state index contributed by atoms with van der Waals surface area (Å²) in [5.74, 6) is 0.743. The van der Waals surface area contributed by atoms with Gasteiger partial charge in [-0.05, 0) is 30.7 Å². The van der Waals surface area contributed by atoms with E-state index in [0.29, 0.717) is 15.9 Å². The number of aromatic amines is 1. The van der Waals surface area contributed by atoms with Gasteiger partial charge in [-0.2, -0.15) is 0 Å². The lowest BCUT2D eigenvalue weighted by molar-refractivity contribution is -1.02. The topological polar surface area (TPSA) is 54.6 Å². The van der Waals surface area contributed by atoms with Crippen molar-refractivity contribution in [2.24, 2.45) is 0 Å². The number of hydrogen-bond donors (Lipinski definition) is 3. The van der Waals surface area contributed by atoms with Gasteiger partial charge in [-0.3, -0.25) is 4.79 Å². The maximum Gasteiger partial charge on any atom is 0.258 e. The summed E-state index contributed by atoms with van der Waals surface area (Å²) in [6, 6.07) is 13.9. The van der Waals surface area contributed by atoms with E-state index in [1.807, 2.05) is 0 Å². The zero-order chi connectivity index (χ0) is 18.8. The van der Waals surface area contributed by atoms with Crippen molar-refractivity contribution in [3.05, 3.63) is 74.8 Å². The average molecular weight is 385 g/mol. The SMILES string of the molecule is Cc1ccccc1C[NH+]1CC[NH+](Cc2nc3cc(Cl)ccc3c(=O)[nH]2)CC1. The minimum absolute atomic E-state index is 0.0881. The number of hydrogen-bond acceptors (Lipinski definition) is 2. The molecule has 0 radical (unpaired) electrons. The highest BCUT2D eigenvalue weighted by atomic mass is 35.5. The van der Waals surface area contributed by atoms with E-state index < -0.39 is 0 Å². The molecule has 3 N–H and O–H groups in total. The predicted octanol–water partition coefficient (Wildman–Crippen LogP) is 0.369. The molecule has 140 valence electrons. The van der Waals surface area contributed by atoms with Crippen LogP contribution in [0, 0.1) is 6.92 Å². The standard InChI is InChI=1S/C21H23ClN4O/c1-15-4-2-3-5-16(15)13-25-8-10-26(11-9-25)14-20-23-19-12-17(22)6-7-18(19)21(27)24-20/h2-7,12H,8-11,13-14H2,1H3,(H,23,24,27)/p+2. The first-order valence-electron chi connectivity index (χ1n) is 9.48. The summed E-state index contributed by atoms with van der Waals surface area (Å²) >= 11 is 6.05. The first-order chi connectivity index (χ1) is 13.1. The van der Waals surface area contributed by atoms with Gasteiger partial charge < -0.3 is 14.8 Å². The second-order valence-electron chi connectivity index (χ2n) is 7.45. The fourth-order valence-electron chi connectivity index (χ4n) is 3.87. The fraction of sp³-hybridized carbons (Fsp3) is 0.333. The Labute approximate surface area is 163 Å². The molecule has 2 heterocycles. The largest absolute Gasteiger partial charge is 0.322 e. The number of aromatic nitrogens is 2. The number of nitrogens with zero attached hydrogens (tertiary/aromatic N) is 1. The number of aryl methyl sites for hydroxylation is 1. The van der Waals surface area contributed by atoms with Crippen molar-refractivity contribution < 1.29 is 9.80 Å². The van der Waals surface area contributed by atoms with E-state index in [2.05, 4.69) is 41.2 Å². The highest BCUT2D eigenvalue weighted by Crippen LogP contribution is 2.14. The second kappa shape index (κ2) is 7.80. The Morgan fingerprint density at radius 3 is 2.48 bits per heavy atom. The van der Waals surface area contributed by atoms with Crippen molar-refractivity contribution >= 4 is 22.5 Å². The number of halogens is 1. The highest BCUT2D eigenvalue weighted by molar-refractivity contribution is 6.31. The molecule has 1 fully saturated rings. The van der Waals surface area contributed by atoms with Crippen molar-refractivity contribution in [3.8, 4) is 0 Å². The average Bonchev–Trinajstić information content (AvgIpc) is 2.65. The van der Waals surface area contributed by atoms with Crippen LogP contribution in [-0.4, -0.2) is 36.1 Å². The minimum atomic E-state index is -0.0881. The quantitative estimate of drug-likeness (QED) is 0.608. The Morgan fingerprint density at radius 1 is 1.04 bits per heavy atom. The van der Waals surface area contributed by atoms with Crippen molar-refractivity contribution in [2.45, 2.75) is 20.0 Å². The number of quaternary nitrogens is 2. The van der Waals surface area contributed by atoms with Gasteiger partial charge >= 0.3 is 0 Å². The lowest BCUT2D eigenvalue weighted by Crippen LogP contribution is -3.27. The first kappa shape index (κ1) is 18.2. The van der Waals surface area contributed by atoms with Crippen molar-refractivity contribution in [1.82, 2.24) is 9.97 Å². The summed E-state index contributed by atoms with van der Waals surface area (Å²) < 4.78 is 0. The molecular weight excluding hydrogens is 360 g/mol. The Bertz CT molecular complexity index is 1010. The van der Waals surface area contributed by atoms with Crippen LogP contribution >= 0.6 is 11.6 Å². The van der Waals surface area contributed by atoms with E-state index in [1.165, 1.54) is 16.0 Å². The Kier molecular flexibility index (Phi) is 5.25.